The molecular weight excluding hydrogens is 318 g/mol. The number of H-pyrrole nitrogens is 1. The van der Waals surface area contributed by atoms with Crippen LogP contribution < -0.4 is 0 Å². The maximum atomic E-state index is 12.9. The highest BCUT2D eigenvalue weighted by Crippen LogP contribution is 2.27. The summed E-state index contributed by atoms with van der Waals surface area (Å²) in [5.41, 5.74) is 2.44. The molecule has 1 aromatic rings. The van der Waals surface area contributed by atoms with Gasteiger partial charge in [0.2, 0.25) is 0 Å². The number of ether oxygens (including phenoxy) is 1. The number of esters is 1. The highest BCUT2D eigenvalue weighted by atomic mass is 16.5. The van der Waals surface area contributed by atoms with Crippen LogP contribution in [0, 0.1) is 13.8 Å². The fraction of sp³-hybridized carbons (Fsp3) is 0.684. The van der Waals surface area contributed by atoms with Crippen molar-refractivity contribution in [1.82, 2.24) is 14.8 Å². The Kier molecular flexibility index (Phi) is 5.18. The lowest BCUT2D eigenvalue weighted by Crippen LogP contribution is -2.63. The molecule has 1 amide bonds. The van der Waals surface area contributed by atoms with Gasteiger partial charge >= 0.3 is 5.97 Å². The van der Waals surface area contributed by atoms with Crippen molar-refractivity contribution in [1.29, 1.82) is 0 Å². The average molecular weight is 347 g/mol. The number of nitrogens with one attached hydrogen (secondary N) is 1. The Bertz CT molecular complexity index is 661. The highest BCUT2D eigenvalue weighted by Gasteiger charge is 2.39. The van der Waals surface area contributed by atoms with Crippen LogP contribution in [0.5, 0.6) is 0 Å². The van der Waals surface area contributed by atoms with Crippen LogP contribution in [0.2, 0.25) is 0 Å². The molecule has 0 spiro atoms. The van der Waals surface area contributed by atoms with E-state index in [2.05, 4.69) is 16.8 Å². The van der Waals surface area contributed by atoms with Gasteiger partial charge in [0.25, 0.3) is 5.91 Å². The SMILES string of the molecule is CCOC(=O)c1[nH]c(C)c(C(=O)N2CC(N3CCCC[C@@H]3C)C2)c1C. The number of rotatable bonds is 4. The van der Waals surface area contributed by atoms with E-state index in [9.17, 15) is 9.59 Å². The van der Waals surface area contributed by atoms with Crippen molar-refractivity contribution in [3.8, 4) is 0 Å². The fourth-order valence-corrected chi connectivity index (χ4v) is 4.13. The summed E-state index contributed by atoms with van der Waals surface area (Å²) in [6.07, 6.45) is 3.82. The first-order valence-corrected chi connectivity index (χ1v) is 9.35. The van der Waals surface area contributed by atoms with Crippen LogP contribution in [0.4, 0.5) is 0 Å². The predicted molar refractivity (Wildman–Crippen MR) is 95.9 cm³/mol. The van der Waals surface area contributed by atoms with Crippen molar-refractivity contribution in [2.24, 2.45) is 0 Å². The predicted octanol–water partition coefficient (Wildman–Crippen LogP) is 2.51. The lowest BCUT2D eigenvalue weighted by atomic mass is 9.96. The lowest BCUT2D eigenvalue weighted by molar-refractivity contribution is 0.00206. The molecule has 2 fully saturated rings. The van der Waals surface area contributed by atoms with Crippen LogP contribution >= 0.6 is 0 Å². The second-order valence-electron chi connectivity index (χ2n) is 7.29. The molecular formula is C19H29N3O3. The molecule has 6 nitrogen and oxygen atoms in total. The van der Waals surface area contributed by atoms with E-state index in [1.807, 2.05) is 18.7 Å². The quantitative estimate of drug-likeness (QED) is 0.850. The third kappa shape index (κ3) is 3.32. The molecule has 6 heteroatoms. The van der Waals surface area contributed by atoms with Gasteiger partial charge < -0.3 is 14.6 Å². The summed E-state index contributed by atoms with van der Waals surface area (Å²) in [5, 5.41) is 0. The van der Waals surface area contributed by atoms with Gasteiger partial charge in [-0.1, -0.05) is 6.42 Å². The van der Waals surface area contributed by atoms with Gasteiger partial charge in [-0.05, 0) is 52.6 Å². The van der Waals surface area contributed by atoms with Gasteiger partial charge in [0.1, 0.15) is 5.69 Å². The Morgan fingerprint density at radius 1 is 1.24 bits per heavy atom. The summed E-state index contributed by atoms with van der Waals surface area (Å²) in [5.74, 6) is -0.381. The first kappa shape index (κ1) is 18.0. The average Bonchev–Trinajstić information content (AvgIpc) is 2.82. The molecule has 138 valence electrons. The molecule has 0 unspecified atom stereocenters. The molecule has 1 N–H and O–H groups in total. The summed E-state index contributed by atoms with van der Waals surface area (Å²) in [6.45, 7) is 10.7. The van der Waals surface area contributed by atoms with Crippen LogP contribution in [0.3, 0.4) is 0 Å². The third-order valence-corrected chi connectivity index (χ3v) is 5.60. The zero-order valence-electron chi connectivity index (χ0n) is 15.7. The Morgan fingerprint density at radius 2 is 1.96 bits per heavy atom. The van der Waals surface area contributed by atoms with Gasteiger partial charge in [0.15, 0.2) is 0 Å². The number of hydrogen-bond acceptors (Lipinski definition) is 4. The first-order valence-electron chi connectivity index (χ1n) is 9.35. The topological polar surface area (TPSA) is 65.6 Å². The largest absolute Gasteiger partial charge is 0.461 e. The Balaban J connectivity index is 1.68. The summed E-state index contributed by atoms with van der Waals surface area (Å²) in [7, 11) is 0. The molecule has 1 atom stereocenters. The van der Waals surface area contributed by atoms with Crippen molar-refractivity contribution in [3.63, 3.8) is 0 Å². The smallest absolute Gasteiger partial charge is 0.355 e. The molecule has 2 aliphatic rings. The van der Waals surface area contributed by atoms with E-state index in [0.717, 1.165) is 25.3 Å². The highest BCUT2D eigenvalue weighted by molar-refractivity contribution is 6.01. The number of aryl methyl sites for hydroxylation is 1. The number of nitrogens with zero attached hydrogens (tertiary/aromatic N) is 2. The Hall–Kier alpha value is -1.82. The molecule has 3 heterocycles. The van der Waals surface area contributed by atoms with Crippen LogP contribution in [0.15, 0.2) is 0 Å². The van der Waals surface area contributed by atoms with E-state index < -0.39 is 5.97 Å². The van der Waals surface area contributed by atoms with E-state index in [1.165, 1.54) is 19.3 Å². The van der Waals surface area contributed by atoms with E-state index in [0.29, 0.717) is 35.5 Å². The summed E-state index contributed by atoms with van der Waals surface area (Å²) in [6, 6.07) is 1.09. The molecule has 0 radical (unpaired) electrons. The zero-order chi connectivity index (χ0) is 18.1. The van der Waals surface area contributed by atoms with E-state index >= 15 is 0 Å². The minimum atomic E-state index is -0.397. The molecule has 0 aromatic carbocycles. The number of aromatic amines is 1. The number of amides is 1. The van der Waals surface area contributed by atoms with Gasteiger partial charge in [-0.3, -0.25) is 9.69 Å². The van der Waals surface area contributed by atoms with Crippen LogP contribution in [0.25, 0.3) is 0 Å². The Morgan fingerprint density at radius 3 is 2.60 bits per heavy atom. The van der Waals surface area contributed by atoms with E-state index in [1.54, 1.807) is 6.92 Å². The first-order chi connectivity index (χ1) is 11.9. The summed E-state index contributed by atoms with van der Waals surface area (Å²) in [4.78, 5) is 32.4. The van der Waals surface area contributed by atoms with Crippen molar-refractivity contribution >= 4 is 11.9 Å². The third-order valence-electron chi connectivity index (χ3n) is 5.60. The van der Waals surface area contributed by atoms with E-state index in [4.69, 9.17) is 4.74 Å². The maximum Gasteiger partial charge on any atom is 0.355 e. The van der Waals surface area contributed by atoms with E-state index in [-0.39, 0.29) is 5.91 Å². The van der Waals surface area contributed by atoms with Crippen LogP contribution in [-0.2, 0) is 4.74 Å². The van der Waals surface area contributed by atoms with Crippen molar-refractivity contribution in [2.45, 2.75) is 59.0 Å². The number of likely N-dealkylation sites (tertiary alicyclic amines) is 2. The maximum absolute atomic E-state index is 12.9. The molecule has 25 heavy (non-hydrogen) atoms. The van der Waals surface area contributed by atoms with Crippen molar-refractivity contribution in [3.05, 3.63) is 22.5 Å². The van der Waals surface area contributed by atoms with Gasteiger partial charge in [-0.2, -0.15) is 0 Å². The van der Waals surface area contributed by atoms with Crippen LogP contribution in [0.1, 0.15) is 65.2 Å². The molecule has 0 aliphatic carbocycles. The zero-order valence-corrected chi connectivity index (χ0v) is 15.7. The minimum Gasteiger partial charge on any atom is -0.461 e. The molecule has 2 aliphatic heterocycles. The second kappa shape index (κ2) is 7.20. The van der Waals surface area contributed by atoms with Gasteiger partial charge in [0.05, 0.1) is 12.2 Å². The lowest BCUT2D eigenvalue weighted by Gasteiger charge is -2.49. The van der Waals surface area contributed by atoms with Crippen molar-refractivity contribution in [2.75, 3.05) is 26.2 Å². The van der Waals surface area contributed by atoms with Crippen molar-refractivity contribution < 1.29 is 14.3 Å². The minimum absolute atomic E-state index is 0.0164. The number of carbonyl (C=O) groups is 2. The number of carbonyl (C=O) groups excluding carboxylic acids is 2. The molecule has 3 rings (SSSR count). The molecule has 0 bridgehead atoms. The second-order valence-corrected chi connectivity index (χ2v) is 7.29. The normalized spacial score (nSPS) is 21.9. The molecule has 2 saturated heterocycles. The fourth-order valence-electron chi connectivity index (χ4n) is 4.13. The molecule has 1 aromatic heterocycles. The summed E-state index contributed by atoms with van der Waals surface area (Å²) < 4.78 is 5.06. The molecule has 0 saturated carbocycles. The number of hydrogen-bond donors (Lipinski definition) is 1. The van der Waals surface area contributed by atoms with Gasteiger partial charge in [0, 0.05) is 30.9 Å². The summed E-state index contributed by atoms with van der Waals surface area (Å²) >= 11 is 0. The van der Waals surface area contributed by atoms with Gasteiger partial charge in [-0.25, -0.2) is 4.79 Å². The standard InChI is InChI=1S/C19H29N3O3/c1-5-25-19(24)17-13(3)16(14(4)20-17)18(23)21-10-15(11-21)22-9-7-6-8-12(22)2/h12,15,20H,5-11H2,1-4H3/t12-/m0/s1. The van der Waals surface area contributed by atoms with Crippen LogP contribution in [-0.4, -0.2) is 65.0 Å². The number of aromatic nitrogens is 1. The Labute approximate surface area is 149 Å². The number of piperidine rings is 1. The van der Waals surface area contributed by atoms with Gasteiger partial charge in [-0.15, -0.1) is 0 Å². The monoisotopic (exact) mass is 347 g/mol.